The van der Waals surface area contributed by atoms with Gasteiger partial charge in [-0.1, -0.05) is 19.8 Å². The molecule has 3 nitrogen and oxygen atoms in total. The van der Waals surface area contributed by atoms with Gasteiger partial charge in [0.1, 0.15) is 0 Å². The van der Waals surface area contributed by atoms with Gasteiger partial charge in [-0.25, -0.2) is 0 Å². The lowest BCUT2D eigenvalue weighted by molar-refractivity contribution is 0.347. The Morgan fingerprint density at radius 2 is 2.08 bits per heavy atom. The van der Waals surface area contributed by atoms with Gasteiger partial charge in [0.05, 0.1) is 0 Å². The minimum absolute atomic E-state index is 0.237. The maximum Gasteiger partial charge on any atom is 0.184 e. The highest BCUT2D eigenvalue weighted by Crippen LogP contribution is 2.26. The van der Waals surface area contributed by atoms with E-state index in [2.05, 4.69) is 29.7 Å². The Morgan fingerprint density at radius 3 is 2.62 bits per heavy atom. The van der Waals surface area contributed by atoms with Crippen molar-refractivity contribution in [3.8, 4) is 0 Å². The molecule has 0 aromatic heterocycles. The van der Waals surface area contributed by atoms with E-state index in [-0.39, 0.29) is 5.11 Å². The third-order valence-corrected chi connectivity index (χ3v) is 2.61. The molecule has 3 N–H and O–H groups in total. The van der Waals surface area contributed by atoms with Crippen LogP contribution in [0.5, 0.6) is 0 Å². The minimum atomic E-state index is 0.237. The van der Waals surface area contributed by atoms with Crippen molar-refractivity contribution in [2.75, 3.05) is 0 Å². The van der Waals surface area contributed by atoms with Gasteiger partial charge < -0.3 is 5.73 Å². The maximum atomic E-state index is 5.24. The summed E-state index contributed by atoms with van der Waals surface area (Å²) in [6.45, 7) is 2.31. The van der Waals surface area contributed by atoms with Gasteiger partial charge in [-0.3, -0.25) is 5.43 Å². The second-order valence-corrected chi connectivity index (χ2v) is 4.21. The lowest BCUT2D eigenvalue weighted by atomic mass is 9.84. The zero-order valence-electron chi connectivity index (χ0n) is 7.99. The molecule has 13 heavy (non-hydrogen) atoms. The van der Waals surface area contributed by atoms with Crippen LogP contribution >= 0.6 is 12.2 Å². The first-order valence-corrected chi connectivity index (χ1v) is 5.18. The molecule has 0 atom stereocenters. The monoisotopic (exact) mass is 199 g/mol. The molecule has 0 heterocycles. The average molecular weight is 199 g/mol. The van der Waals surface area contributed by atoms with Crippen LogP contribution in [-0.4, -0.2) is 11.3 Å². The molecule has 1 rings (SSSR count). The fraction of sp³-hybridized carbons (Fsp3) is 0.778. The molecule has 0 spiro atoms. The number of rotatable bonds is 2. The van der Waals surface area contributed by atoms with Crippen LogP contribution < -0.4 is 11.2 Å². The normalized spacial score (nSPS) is 29.0. The van der Waals surface area contributed by atoms with Gasteiger partial charge in [0.2, 0.25) is 0 Å². The van der Waals surface area contributed by atoms with E-state index in [1.807, 2.05) is 6.21 Å². The summed E-state index contributed by atoms with van der Waals surface area (Å²) >= 11 is 4.63. The third kappa shape index (κ3) is 4.22. The number of nitrogens with zero attached hydrogens (tertiary/aromatic N) is 1. The van der Waals surface area contributed by atoms with Crippen molar-refractivity contribution in [1.82, 2.24) is 5.43 Å². The second kappa shape index (κ2) is 5.17. The molecule has 1 fully saturated rings. The highest BCUT2D eigenvalue weighted by Gasteiger charge is 2.16. The lowest BCUT2D eigenvalue weighted by Gasteiger charge is -2.22. The second-order valence-electron chi connectivity index (χ2n) is 3.77. The van der Waals surface area contributed by atoms with Crippen LogP contribution in [0.25, 0.3) is 0 Å². The molecule has 4 heteroatoms. The Labute approximate surface area is 84.8 Å². The van der Waals surface area contributed by atoms with Crippen molar-refractivity contribution >= 4 is 23.5 Å². The predicted octanol–water partition coefficient (Wildman–Crippen LogP) is 1.63. The van der Waals surface area contributed by atoms with Crippen LogP contribution in [-0.2, 0) is 0 Å². The van der Waals surface area contributed by atoms with Gasteiger partial charge in [-0.2, -0.15) is 5.10 Å². The molecule has 74 valence electrons. The Balaban J connectivity index is 2.22. The first-order chi connectivity index (χ1) is 6.18. The van der Waals surface area contributed by atoms with E-state index >= 15 is 0 Å². The molecular weight excluding hydrogens is 182 g/mol. The number of thiocarbonyl (C=S) groups is 1. The van der Waals surface area contributed by atoms with Gasteiger partial charge in [-0.05, 0) is 36.9 Å². The molecule has 0 radical (unpaired) electrons. The topological polar surface area (TPSA) is 50.4 Å². The van der Waals surface area contributed by atoms with E-state index in [9.17, 15) is 0 Å². The molecule has 1 saturated carbocycles. The number of hydrogen-bond acceptors (Lipinski definition) is 2. The summed E-state index contributed by atoms with van der Waals surface area (Å²) in [6.07, 6.45) is 7.03. The molecule has 0 amide bonds. The number of hydrazone groups is 1. The standard InChI is InChI=1S/C9H17N3S/c1-7-2-4-8(5-3-7)6-11-12-9(10)13/h6-8H,2-5H2,1H3,(H3,10,12,13). The van der Waals surface area contributed by atoms with Crippen molar-refractivity contribution in [3.05, 3.63) is 0 Å². The van der Waals surface area contributed by atoms with E-state index in [1.165, 1.54) is 25.7 Å². The molecule has 1 aliphatic rings. The summed E-state index contributed by atoms with van der Waals surface area (Å²) in [4.78, 5) is 0. The van der Waals surface area contributed by atoms with Crippen molar-refractivity contribution in [3.63, 3.8) is 0 Å². The molecule has 0 aliphatic heterocycles. The van der Waals surface area contributed by atoms with Crippen molar-refractivity contribution in [2.45, 2.75) is 32.6 Å². The van der Waals surface area contributed by atoms with E-state index < -0.39 is 0 Å². The van der Waals surface area contributed by atoms with Crippen molar-refractivity contribution < 1.29 is 0 Å². The highest BCUT2D eigenvalue weighted by molar-refractivity contribution is 7.80. The highest BCUT2D eigenvalue weighted by atomic mass is 32.1. The predicted molar refractivity (Wildman–Crippen MR) is 59.5 cm³/mol. The summed E-state index contributed by atoms with van der Waals surface area (Å²) in [6, 6.07) is 0. The van der Waals surface area contributed by atoms with E-state index in [0.29, 0.717) is 5.92 Å². The van der Waals surface area contributed by atoms with Crippen molar-refractivity contribution in [2.24, 2.45) is 22.7 Å². The zero-order valence-corrected chi connectivity index (χ0v) is 8.81. The van der Waals surface area contributed by atoms with Crippen LogP contribution in [0.15, 0.2) is 5.10 Å². The van der Waals surface area contributed by atoms with Gasteiger partial charge >= 0.3 is 0 Å². The molecule has 0 bridgehead atoms. The van der Waals surface area contributed by atoms with E-state index in [0.717, 1.165) is 5.92 Å². The summed E-state index contributed by atoms with van der Waals surface area (Å²) < 4.78 is 0. The minimum Gasteiger partial charge on any atom is -0.375 e. The quantitative estimate of drug-likeness (QED) is 0.404. The van der Waals surface area contributed by atoms with Gasteiger partial charge in [0.25, 0.3) is 0 Å². The summed E-state index contributed by atoms with van der Waals surface area (Å²) in [5.74, 6) is 1.49. The van der Waals surface area contributed by atoms with Crippen LogP contribution in [0, 0.1) is 11.8 Å². The lowest BCUT2D eigenvalue weighted by Crippen LogP contribution is -2.25. The van der Waals surface area contributed by atoms with E-state index in [4.69, 9.17) is 5.73 Å². The van der Waals surface area contributed by atoms with E-state index in [1.54, 1.807) is 0 Å². The zero-order chi connectivity index (χ0) is 9.68. The molecule has 0 aromatic rings. The van der Waals surface area contributed by atoms with Gasteiger partial charge in [-0.15, -0.1) is 0 Å². The van der Waals surface area contributed by atoms with Gasteiger partial charge in [0.15, 0.2) is 5.11 Å². The molecular formula is C9H17N3S. The Morgan fingerprint density at radius 1 is 1.46 bits per heavy atom. The smallest absolute Gasteiger partial charge is 0.184 e. The van der Waals surface area contributed by atoms with Gasteiger partial charge in [0, 0.05) is 6.21 Å². The Kier molecular flexibility index (Phi) is 4.15. The van der Waals surface area contributed by atoms with Crippen LogP contribution in [0.2, 0.25) is 0 Å². The summed E-state index contributed by atoms with van der Waals surface area (Å²) in [5.41, 5.74) is 7.82. The fourth-order valence-corrected chi connectivity index (χ4v) is 1.69. The fourth-order valence-electron chi connectivity index (χ4n) is 1.64. The Hall–Kier alpha value is -0.640. The summed E-state index contributed by atoms with van der Waals surface area (Å²) in [5, 5.41) is 4.21. The first-order valence-electron chi connectivity index (χ1n) is 4.77. The number of hydrogen-bond donors (Lipinski definition) is 2. The molecule has 1 aliphatic carbocycles. The van der Waals surface area contributed by atoms with Crippen LogP contribution in [0.4, 0.5) is 0 Å². The molecule has 0 saturated heterocycles. The number of nitrogens with one attached hydrogen (secondary N) is 1. The summed E-state index contributed by atoms with van der Waals surface area (Å²) in [7, 11) is 0. The SMILES string of the molecule is CC1CCC(C=NNC(N)=S)CC1. The largest absolute Gasteiger partial charge is 0.375 e. The average Bonchev–Trinajstić information content (AvgIpc) is 2.08. The molecule has 0 aromatic carbocycles. The third-order valence-electron chi connectivity index (χ3n) is 2.52. The van der Waals surface area contributed by atoms with Crippen LogP contribution in [0.3, 0.4) is 0 Å². The first kappa shape index (κ1) is 10.4. The maximum absolute atomic E-state index is 5.24. The molecule has 0 unspecified atom stereocenters. The Bertz CT molecular complexity index is 195. The number of nitrogens with two attached hydrogens (primary N) is 1. The van der Waals surface area contributed by atoms with Crippen molar-refractivity contribution in [1.29, 1.82) is 0 Å². The van der Waals surface area contributed by atoms with Crippen LogP contribution in [0.1, 0.15) is 32.6 Å².